The summed E-state index contributed by atoms with van der Waals surface area (Å²) in [6.07, 6.45) is -38.8. The smallest absolute Gasteiger partial charge is 0.169 e. The summed E-state index contributed by atoms with van der Waals surface area (Å²) in [5.41, 5.74) is -11.1. The van der Waals surface area contributed by atoms with Gasteiger partial charge in [0.05, 0.1) is 0 Å². The molecule has 2 aliphatic carbocycles. The van der Waals surface area contributed by atoms with Gasteiger partial charge in [-0.25, -0.2) is 0 Å². The summed E-state index contributed by atoms with van der Waals surface area (Å²) in [7, 11) is -2.88. The minimum absolute atomic E-state index is 0.0262. The number of rotatable bonds is 6. The molecule has 0 radical (unpaired) electrons. The summed E-state index contributed by atoms with van der Waals surface area (Å²) >= 11 is 0. The van der Waals surface area contributed by atoms with Crippen LogP contribution in [-0.2, 0) is 17.3 Å². The molecule has 1 unspecified atom stereocenters. The molecular weight excluding hydrogens is 899 g/mol. The van der Waals surface area contributed by atoms with Crippen LogP contribution in [0.3, 0.4) is 0 Å². The third-order valence-electron chi connectivity index (χ3n) is 12.7. The zero-order chi connectivity index (χ0) is 47.2. The number of benzene rings is 4. The van der Waals surface area contributed by atoms with E-state index >= 15 is 0 Å². The summed E-state index contributed by atoms with van der Waals surface area (Å²) in [5, 5.41) is 1.63. The van der Waals surface area contributed by atoms with Crippen molar-refractivity contribution in [3.63, 3.8) is 0 Å². The van der Waals surface area contributed by atoms with E-state index < -0.39 is 73.0 Å². The number of alkyl halides is 18. The van der Waals surface area contributed by atoms with E-state index in [1.165, 1.54) is 12.1 Å². The van der Waals surface area contributed by atoms with Crippen molar-refractivity contribution in [3.8, 4) is 22.3 Å². The van der Waals surface area contributed by atoms with E-state index in [9.17, 15) is 79.0 Å². The van der Waals surface area contributed by atoms with Gasteiger partial charge in [-0.2, -0.15) is 79.0 Å². The fourth-order valence-electron chi connectivity index (χ4n) is 10.2. The molecule has 0 nitrogen and oxygen atoms in total. The van der Waals surface area contributed by atoms with Crippen LogP contribution in [0.1, 0.15) is 65.6 Å². The maximum Gasteiger partial charge on any atom is 0.416 e. The molecule has 19 heteroatoms. The van der Waals surface area contributed by atoms with E-state index in [4.69, 9.17) is 0 Å². The van der Waals surface area contributed by atoms with Crippen LogP contribution in [-0.4, -0.2) is 45.1 Å². The molecule has 0 aromatic heterocycles. The SMILES string of the molecule is CC1=C2c3c(cc(C4C(C(C)C)=Cc5c(-c6ccc(C(C(F)(F)F)(C(F)(F)F)C(F)(F)F)cc6)cccc54)c(c3-c3ccc(C(C(F)(F)F)(C(F)(F)F)C(F)(F)F)cc3)[Si]2(C)C)C1. The number of hydrogen-bond acceptors (Lipinski definition) is 0. The monoisotopic (exact) mass is 930 g/mol. The van der Waals surface area contributed by atoms with E-state index in [1.807, 2.05) is 39.9 Å². The Morgan fingerprint density at radius 1 is 0.540 bits per heavy atom. The minimum atomic E-state index is -6.83. The summed E-state index contributed by atoms with van der Waals surface area (Å²) in [6.45, 7) is 9.48. The first-order valence-electron chi connectivity index (χ1n) is 19.0. The molecule has 0 N–H and O–H groups in total. The van der Waals surface area contributed by atoms with Crippen molar-refractivity contribution >= 4 is 24.5 Å². The minimum Gasteiger partial charge on any atom is -0.169 e. The molecule has 0 saturated heterocycles. The van der Waals surface area contributed by atoms with Crippen LogP contribution >= 0.6 is 0 Å². The second-order valence-corrected chi connectivity index (χ2v) is 21.1. The van der Waals surface area contributed by atoms with Gasteiger partial charge in [0.25, 0.3) is 10.8 Å². The van der Waals surface area contributed by atoms with Crippen LogP contribution in [0.5, 0.6) is 0 Å². The molecule has 0 spiro atoms. The van der Waals surface area contributed by atoms with Crippen molar-refractivity contribution in [3.05, 3.63) is 123 Å². The average Bonchev–Trinajstić information content (AvgIpc) is 3.71. The maximum absolute atomic E-state index is 14.1. The largest absolute Gasteiger partial charge is 0.416 e. The third-order valence-corrected chi connectivity index (χ3v) is 16.4. The van der Waals surface area contributed by atoms with Crippen molar-refractivity contribution in [1.29, 1.82) is 0 Å². The lowest BCUT2D eigenvalue weighted by atomic mass is 9.77. The first-order chi connectivity index (χ1) is 28.6. The van der Waals surface area contributed by atoms with E-state index in [0.717, 1.165) is 46.2 Å². The molecule has 0 amide bonds. The van der Waals surface area contributed by atoms with Crippen molar-refractivity contribution in [2.45, 2.75) is 94.1 Å². The topological polar surface area (TPSA) is 0 Å². The van der Waals surface area contributed by atoms with Gasteiger partial charge >= 0.3 is 37.1 Å². The van der Waals surface area contributed by atoms with Crippen molar-refractivity contribution in [1.82, 2.24) is 0 Å². The maximum atomic E-state index is 14.1. The van der Waals surface area contributed by atoms with E-state index in [2.05, 4.69) is 0 Å². The molecule has 63 heavy (non-hydrogen) atoms. The molecule has 1 atom stereocenters. The Bertz CT molecular complexity index is 2480. The van der Waals surface area contributed by atoms with Crippen LogP contribution in [0.25, 0.3) is 33.5 Å². The van der Waals surface area contributed by atoms with Gasteiger partial charge in [-0.1, -0.05) is 117 Å². The Labute approximate surface area is 348 Å². The lowest BCUT2D eigenvalue weighted by molar-refractivity contribution is -0.389. The zero-order valence-corrected chi connectivity index (χ0v) is 34.2. The van der Waals surface area contributed by atoms with Gasteiger partial charge in [0.2, 0.25) is 0 Å². The summed E-state index contributed by atoms with van der Waals surface area (Å²) < 4.78 is 252. The Hall–Kier alpha value is -4.68. The standard InChI is InChI=1S/C44H32F18Si/c1-20(2)29-19-30-27(22-9-13-25(14-10-22)37(39(45,46)47,40(48,49)50)41(51,52)53)7-6-8-28(30)34(29)31-18-24-17-21(3)35-33(24)32(36(31)63(35,4)5)23-11-15-26(16-12-23)38(42(54,55)56,43(57,58)59)44(60,61)62/h6-16,18-20,34H,17H2,1-5H3. The molecule has 1 aliphatic heterocycles. The van der Waals surface area contributed by atoms with Crippen LogP contribution in [0, 0.1) is 5.92 Å². The lowest BCUT2D eigenvalue weighted by Gasteiger charge is -2.39. The predicted molar refractivity (Wildman–Crippen MR) is 202 cm³/mol. The predicted octanol–water partition coefficient (Wildman–Crippen LogP) is 14.9. The highest BCUT2D eigenvalue weighted by Gasteiger charge is 2.85. The fourth-order valence-corrected chi connectivity index (χ4v) is 14.3. The van der Waals surface area contributed by atoms with Crippen molar-refractivity contribution in [2.24, 2.45) is 5.92 Å². The van der Waals surface area contributed by atoms with Gasteiger partial charge in [0.15, 0.2) is 0 Å². The molecule has 2 bridgehead atoms. The molecular formula is C44H32F18Si. The number of hydrogen-bond donors (Lipinski definition) is 0. The molecule has 0 saturated carbocycles. The molecule has 338 valence electrons. The van der Waals surface area contributed by atoms with Gasteiger partial charge in [-0.3, -0.25) is 0 Å². The quantitative estimate of drug-likeness (QED) is 0.134. The second-order valence-electron chi connectivity index (χ2n) is 16.9. The zero-order valence-electron chi connectivity index (χ0n) is 33.2. The summed E-state index contributed by atoms with van der Waals surface area (Å²) in [6, 6.07) is 10.3. The van der Waals surface area contributed by atoms with Gasteiger partial charge in [0, 0.05) is 5.92 Å². The van der Waals surface area contributed by atoms with Crippen LogP contribution < -0.4 is 5.19 Å². The van der Waals surface area contributed by atoms with Crippen LogP contribution in [0.2, 0.25) is 13.1 Å². The molecule has 4 aromatic rings. The van der Waals surface area contributed by atoms with Gasteiger partial charge in [0.1, 0.15) is 8.07 Å². The van der Waals surface area contributed by atoms with E-state index in [-0.39, 0.29) is 46.9 Å². The second kappa shape index (κ2) is 13.9. The van der Waals surface area contributed by atoms with Gasteiger partial charge in [-0.05, 0) is 90.8 Å². The Kier molecular flexibility index (Phi) is 10.2. The average molecular weight is 931 g/mol. The normalized spacial score (nSPS) is 18.2. The van der Waals surface area contributed by atoms with Gasteiger partial charge < -0.3 is 0 Å². The molecule has 7 rings (SSSR count). The third kappa shape index (κ3) is 6.26. The molecule has 4 aromatic carbocycles. The summed E-state index contributed by atoms with van der Waals surface area (Å²) in [5.74, 6) is -0.918. The Morgan fingerprint density at radius 2 is 0.968 bits per heavy atom. The Balaban J connectivity index is 1.42. The first kappa shape index (κ1) is 46.3. The first-order valence-corrected chi connectivity index (χ1v) is 22.0. The van der Waals surface area contributed by atoms with E-state index in [1.54, 1.807) is 12.1 Å². The highest BCUT2D eigenvalue weighted by molar-refractivity contribution is 7.07. The van der Waals surface area contributed by atoms with Crippen molar-refractivity contribution < 1.29 is 79.0 Å². The highest BCUT2D eigenvalue weighted by atomic mass is 28.3. The van der Waals surface area contributed by atoms with Gasteiger partial charge in [-0.15, -0.1) is 0 Å². The van der Waals surface area contributed by atoms with Crippen LogP contribution in [0.4, 0.5) is 79.0 Å². The number of halogens is 18. The Morgan fingerprint density at radius 3 is 1.38 bits per heavy atom. The molecule has 1 heterocycles. The van der Waals surface area contributed by atoms with Crippen molar-refractivity contribution in [2.75, 3.05) is 0 Å². The number of fused-ring (bicyclic) bond motifs is 2. The highest BCUT2D eigenvalue weighted by Crippen LogP contribution is 2.63. The summed E-state index contributed by atoms with van der Waals surface area (Å²) in [4.78, 5) is 0. The molecule has 3 aliphatic rings. The van der Waals surface area contributed by atoms with E-state index in [0.29, 0.717) is 39.4 Å². The lowest BCUT2D eigenvalue weighted by Crippen LogP contribution is -2.63. The van der Waals surface area contributed by atoms with Crippen LogP contribution in [0.15, 0.2) is 83.9 Å². The number of allylic oxidation sites excluding steroid dienone is 2. The fraction of sp³-hybridized carbons (Fsp3) is 0.364. The molecule has 0 fully saturated rings.